The molecule has 1 aromatic rings. The van der Waals surface area contributed by atoms with E-state index in [2.05, 4.69) is 15.6 Å². The van der Waals surface area contributed by atoms with Crippen LogP contribution in [-0.2, 0) is 27.8 Å². The van der Waals surface area contributed by atoms with Crippen LogP contribution in [0.2, 0.25) is 0 Å². The average molecular weight is 523 g/mol. The van der Waals surface area contributed by atoms with Gasteiger partial charge in [0.2, 0.25) is 0 Å². The van der Waals surface area contributed by atoms with E-state index in [0.29, 0.717) is 5.75 Å². The maximum absolute atomic E-state index is 12.4. The van der Waals surface area contributed by atoms with Crippen molar-refractivity contribution in [1.29, 1.82) is 0 Å². The van der Waals surface area contributed by atoms with Crippen LogP contribution in [0, 0.1) is 0 Å². The molecular formula is C19H31N4O9PS. The average Bonchev–Trinajstić information content (AvgIpc) is 3.18. The quantitative estimate of drug-likeness (QED) is 0.435. The van der Waals surface area contributed by atoms with Crippen molar-refractivity contribution >= 4 is 37.4 Å². The summed E-state index contributed by atoms with van der Waals surface area (Å²) in [5.41, 5.74) is -1.83. The molecule has 2 amide bonds. The maximum atomic E-state index is 12.4. The second kappa shape index (κ2) is 12.5. The highest BCUT2D eigenvalue weighted by Gasteiger charge is 2.30. The molecule has 192 valence electrons. The summed E-state index contributed by atoms with van der Waals surface area (Å²) in [6, 6.07) is 1.45. The molecule has 2 atom stereocenters. The Morgan fingerprint density at radius 3 is 2.53 bits per heavy atom. The van der Waals surface area contributed by atoms with Gasteiger partial charge in [0, 0.05) is 11.9 Å². The molecule has 1 aliphatic rings. The zero-order valence-electron chi connectivity index (χ0n) is 19.8. The van der Waals surface area contributed by atoms with E-state index in [4.69, 9.17) is 23.3 Å². The molecule has 1 aromatic heterocycles. The number of alkyl carbamates (subject to hydrolysis) is 1. The zero-order valence-corrected chi connectivity index (χ0v) is 21.5. The molecule has 0 radical (unpaired) electrons. The van der Waals surface area contributed by atoms with Crippen LogP contribution < -0.4 is 16.3 Å². The van der Waals surface area contributed by atoms with E-state index < -0.39 is 42.7 Å². The predicted octanol–water partition coefficient (Wildman–Crippen LogP) is 3.13. The van der Waals surface area contributed by atoms with Crippen LogP contribution in [0.15, 0.2) is 17.1 Å². The first kappa shape index (κ1) is 28.1. The SMILES string of the molecule is CCOP(=O)(CNC(=O)OC[C@@H]1O[C@H](n2ccc(NC(=O)OC(C)(C)C)nc2=O)CS1)OCC. The number of aromatic nitrogens is 2. The molecule has 34 heavy (non-hydrogen) atoms. The minimum Gasteiger partial charge on any atom is -0.446 e. The van der Waals surface area contributed by atoms with Crippen LogP contribution in [0.5, 0.6) is 0 Å². The molecule has 13 nitrogen and oxygen atoms in total. The number of ether oxygens (including phenoxy) is 3. The number of nitrogens with one attached hydrogen (secondary N) is 2. The van der Waals surface area contributed by atoms with Gasteiger partial charge >= 0.3 is 25.5 Å². The Labute approximate surface area is 201 Å². The summed E-state index contributed by atoms with van der Waals surface area (Å²) in [5, 5.41) is 4.76. The van der Waals surface area contributed by atoms with E-state index >= 15 is 0 Å². The van der Waals surface area contributed by atoms with E-state index in [9.17, 15) is 18.9 Å². The molecule has 0 saturated carbocycles. The Morgan fingerprint density at radius 2 is 1.94 bits per heavy atom. The molecule has 15 heteroatoms. The molecule has 0 unspecified atom stereocenters. The van der Waals surface area contributed by atoms with Gasteiger partial charge in [-0.05, 0) is 40.7 Å². The summed E-state index contributed by atoms with van der Waals surface area (Å²) in [5.74, 6) is 0.467. The number of nitrogens with zero attached hydrogens (tertiary/aromatic N) is 2. The Balaban J connectivity index is 1.83. The van der Waals surface area contributed by atoms with E-state index in [1.165, 1.54) is 28.6 Å². The van der Waals surface area contributed by atoms with Crippen LogP contribution in [0.3, 0.4) is 0 Å². The van der Waals surface area contributed by atoms with Crippen molar-refractivity contribution in [3.63, 3.8) is 0 Å². The normalized spacial score (nSPS) is 18.4. The van der Waals surface area contributed by atoms with Gasteiger partial charge in [0.1, 0.15) is 36.0 Å². The second-order valence-electron chi connectivity index (χ2n) is 7.86. The van der Waals surface area contributed by atoms with Crippen LogP contribution in [0.25, 0.3) is 0 Å². The fraction of sp³-hybridized carbons (Fsp3) is 0.684. The van der Waals surface area contributed by atoms with Gasteiger partial charge in [-0.1, -0.05) is 0 Å². The fourth-order valence-corrected chi connectivity index (χ4v) is 5.02. The van der Waals surface area contributed by atoms with Crippen LogP contribution >= 0.6 is 19.4 Å². The lowest BCUT2D eigenvalue weighted by Gasteiger charge is -2.19. The summed E-state index contributed by atoms with van der Waals surface area (Å²) >= 11 is 1.35. The highest BCUT2D eigenvalue weighted by atomic mass is 32.2. The van der Waals surface area contributed by atoms with Gasteiger partial charge in [-0.15, -0.1) is 11.8 Å². The Bertz CT molecular complexity index is 942. The van der Waals surface area contributed by atoms with Gasteiger partial charge in [-0.25, -0.2) is 14.4 Å². The van der Waals surface area contributed by atoms with Crippen molar-refractivity contribution in [1.82, 2.24) is 14.9 Å². The molecule has 1 fully saturated rings. The monoisotopic (exact) mass is 522 g/mol. The largest absolute Gasteiger partial charge is 0.446 e. The van der Waals surface area contributed by atoms with Crippen LogP contribution in [0.1, 0.15) is 40.8 Å². The molecule has 2 N–H and O–H groups in total. The van der Waals surface area contributed by atoms with Gasteiger partial charge < -0.3 is 28.6 Å². The molecule has 1 aliphatic heterocycles. The van der Waals surface area contributed by atoms with Gasteiger partial charge in [-0.2, -0.15) is 4.98 Å². The zero-order chi connectivity index (χ0) is 25.4. The standard InChI is InChI=1S/C19H31N4O9PS/c1-6-29-33(27,30-7-2)12-20-17(25)28-10-15-31-14(11-34-15)23-9-8-13(21-16(23)24)22-18(26)32-19(3,4)5/h8-9,14-15H,6-7,10-12H2,1-5H3,(H,20,25)(H,21,22,24,26)/t14-,15+/m0/s1. The number of hydrogen-bond donors (Lipinski definition) is 2. The Hall–Kier alpha value is -2.12. The van der Waals surface area contributed by atoms with Crippen molar-refractivity contribution in [3.8, 4) is 0 Å². The van der Waals surface area contributed by atoms with Gasteiger partial charge in [0.15, 0.2) is 0 Å². The first-order chi connectivity index (χ1) is 15.9. The minimum absolute atomic E-state index is 0.0501. The first-order valence-electron chi connectivity index (χ1n) is 10.6. The summed E-state index contributed by atoms with van der Waals surface area (Å²) in [4.78, 5) is 40.0. The van der Waals surface area contributed by atoms with Crippen LogP contribution in [-0.4, -0.2) is 64.6 Å². The molecule has 1 saturated heterocycles. The number of rotatable bonds is 10. The summed E-state index contributed by atoms with van der Waals surface area (Å²) in [6.07, 6.45) is -1.03. The minimum atomic E-state index is -3.43. The lowest BCUT2D eigenvalue weighted by molar-refractivity contribution is -0.0104. The number of anilines is 1. The number of carbonyl (C=O) groups is 2. The summed E-state index contributed by atoms with van der Waals surface area (Å²) in [7, 11) is -3.43. The van der Waals surface area contributed by atoms with E-state index in [1.807, 2.05) is 0 Å². The third-order valence-corrected chi connectivity index (χ3v) is 6.87. The van der Waals surface area contributed by atoms with Gasteiger partial charge in [0.05, 0.1) is 13.2 Å². The predicted molar refractivity (Wildman–Crippen MR) is 125 cm³/mol. The second-order valence-corrected chi connectivity index (χ2v) is 11.1. The highest BCUT2D eigenvalue weighted by Crippen LogP contribution is 2.46. The van der Waals surface area contributed by atoms with Crippen molar-refractivity contribution in [3.05, 3.63) is 22.7 Å². The number of hydrogen-bond acceptors (Lipinski definition) is 11. The molecule has 2 heterocycles. The highest BCUT2D eigenvalue weighted by molar-refractivity contribution is 8.00. The van der Waals surface area contributed by atoms with E-state index in [-0.39, 0.29) is 31.9 Å². The third-order valence-electron chi connectivity index (χ3n) is 3.92. The van der Waals surface area contributed by atoms with E-state index in [0.717, 1.165) is 0 Å². The number of carbonyl (C=O) groups excluding carboxylic acids is 2. The lowest BCUT2D eigenvalue weighted by Crippen LogP contribution is -2.32. The van der Waals surface area contributed by atoms with Gasteiger partial charge in [-0.3, -0.25) is 14.4 Å². The van der Waals surface area contributed by atoms with Crippen molar-refractivity contribution in [2.45, 2.75) is 51.9 Å². The maximum Gasteiger partial charge on any atom is 0.413 e. The first-order valence-corrected chi connectivity index (χ1v) is 13.4. The Morgan fingerprint density at radius 1 is 1.26 bits per heavy atom. The van der Waals surface area contributed by atoms with Gasteiger partial charge in [0.25, 0.3) is 0 Å². The smallest absolute Gasteiger partial charge is 0.413 e. The molecule has 0 aromatic carbocycles. The molecule has 2 rings (SSSR count). The molecule has 0 spiro atoms. The van der Waals surface area contributed by atoms with Crippen molar-refractivity contribution in [2.75, 3.05) is 37.2 Å². The van der Waals surface area contributed by atoms with Crippen LogP contribution in [0.4, 0.5) is 15.4 Å². The lowest BCUT2D eigenvalue weighted by atomic mass is 10.2. The summed E-state index contributed by atoms with van der Waals surface area (Å²) in [6.45, 7) is 8.75. The van der Waals surface area contributed by atoms with Crippen molar-refractivity contribution < 1.29 is 37.4 Å². The fourth-order valence-electron chi connectivity index (χ4n) is 2.66. The Kier molecular flexibility index (Phi) is 10.4. The number of amides is 2. The van der Waals surface area contributed by atoms with E-state index in [1.54, 1.807) is 34.6 Å². The topological polar surface area (TPSA) is 156 Å². The van der Waals surface area contributed by atoms with Crippen molar-refractivity contribution in [2.24, 2.45) is 0 Å². The third kappa shape index (κ3) is 9.26. The molecule has 0 aliphatic carbocycles. The molecular weight excluding hydrogens is 491 g/mol. The summed E-state index contributed by atoms with van der Waals surface area (Å²) < 4.78 is 39.8. The molecule has 0 bridgehead atoms. The number of thioether (sulfide) groups is 1.